The van der Waals surface area contributed by atoms with Crippen molar-refractivity contribution in [2.45, 2.75) is 123 Å². The Bertz CT molecular complexity index is 270. The average molecular weight is 321 g/mol. The maximum absolute atomic E-state index is 2.48. The average Bonchev–Trinajstić information content (AvgIpc) is 2.59. The van der Waals surface area contributed by atoms with Gasteiger partial charge in [-0.2, -0.15) is 0 Å². The van der Waals surface area contributed by atoms with E-state index in [2.05, 4.69) is 13.8 Å². The zero-order chi connectivity index (χ0) is 16.3. The molecule has 0 aromatic rings. The third-order valence-electron chi connectivity index (χ3n) is 7.00. The van der Waals surface area contributed by atoms with Gasteiger partial charge in [0, 0.05) is 0 Å². The Morgan fingerprint density at radius 3 is 1.00 bits per heavy atom. The monoisotopic (exact) mass is 320 g/mol. The van der Waals surface area contributed by atoms with Crippen LogP contribution < -0.4 is 0 Å². The molecule has 23 heavy (non-hydrogen) atoms. The molecular weight excluding hydrogens is 276 g/mol. The summed E-state index contributed by atoms with van der Waals surface area (Å²) in [6.07, 6.45) is 25.8. The lowest BCUT2D eigenvalue weighted by atomic mass is 9.77. The van der Waals surface area contributed by atoms with Gasteiger partial charge >= 0.3 is 0 Å². The van der Waals surface area contributed by atoms with Crippen LogP contribution in [0.2, 0.25) is 0 Å². The largest absolute Gasteiger partial charge is 0.0625 e. The van der Waals surface area contributed by atoms with Crippen molar-refractivity contribution < 1.29 is 0 Å². The van der Waals surface area contributed by atoms with E-state index in [1.165, 1.54) is 83.5 Å². The van der Waals surface area contributed by atoms with Crippen LogP contribution in [0.5, 0.6) is 0 Å². The van der Waals surface area contributed by atoms with E-state index in [1.54, 1.807) is 25.7 Å². The fourth-order valence-electron chi connectivity index (χ4n) is 5.29. The molecule has 0 heteroatoms. The molecule has 0 saturated heterocycles. The minimum absolute atomic E-state index is 0.988. The lowest BCUT2D eigenvalue weighted by molar-refractivity contribution is 0.230. The lowest BCUT2D eigenvalue weighted by Gasteiger charge is -2.29. The van der Waals surface area contributed by atoms with E-state index in [4.69, 9.17) is 0 Å². The fourth-order valence-corrected chi connectivity index (χ4v) is 5.29. The van der Waals surface area contributed by atoms with E-state index in [0.29, 0.717) is 0 Å². The standard InChI is InChI=1S/C23H44/c1-20-12-4-3-5-16-22(17-9-6-13-20)23-18-10-7-14-21(2)15-8-11-19-23/h20-23H,3-19H2,1-2H3. The third kappa shape index (κ3) is 8.08. The highest BCUT2D eigenvalue weighted by Gasteiger charge is 2.22. The quantitative estimate of drug-likeness (QED) is 0.457. The molecule has 0 amide bonds. The molecule has 0 heterocycles. The molecule has 2 saturated carbocycles. The number of hydrogen-bond donors (Lipinski definition) is 0. The molecule has 0 nitrogen and oxygen atoms in total. The van der Waals surface area contributed by atoms with E-state index in [0.717, 1.165) is 23.7 Å². The van der Waals surface area contributed by atoms with Gasteiger partial charge in [-0.15, -0.1) is 0 Å². The third-order valence-corrected chi connectivity index (χ3v) is 7.00. The van der Waals surface area contributed by atoms with Crippen molar-refractivity contribution in [1.29, 1.82) is 0 Å². The second-order valence-electron chi connectivity index (χ2n) is 9.22. The van der Waals surface area contributed by atoms with E-state index >= 15 is 0 Å². The molecule has 0 aromatic heterocycles. The Kier molecular flexibility index (Phi) is 9.69. The smallest absolute Gasteiger partial charge is 0.0386 e. The molecular formula is C23H44. The highest BCUT2D eigenvalue weighted by Crippen LogP contribution is 2.35. The van der Waals surface area contributed by atoms with Crippen LogP contribution in [0, 0.1) is 23.7 Å². The maximum atomic E-state index is 2.48. The van der Waals surface area contributed by atoms with Crippen molar-refractivity contribution in [2.24, 2.45) is 23.7 Å². The van der Waals surface area contributed by atoms with Crippen LogP contribution in [-0.4, -0.2) is 0 Å². The molecule has 2 aliphatic rings. The Hall–Kier alpha value is 0. The summed E-state index contributed by atoms with van der Waals surface area (Å²) >= 11 is 0. The van der Waals surface area contributed by atoms with E-state index in [9.17, 15) is 0 Å². The zero-order valence-corrected chi connectivity index (χ0v) is 16.3. The highest BCUT2D eigenvalue weighted by atomic mass is 14.3. The van der Waals surface area contributed by atoms with Gasteiger partial charge in [-0.25, -0.2) is 0 Å². The molecule has 0 N–H and O–H groups in total. The van der Waals surface area contributed by atoms with Crippen LogP contribution in [0.25, 0.3) is 0 Å². The van der Waals surface area contributed by atoms with Gasteiger partial charge in [-0.05, 0) is 23.7 Å². The van der Waals surface area contributed by atoms with Crippen LogP contribution in [0.3, 0.4) is 0 Å². The van der Waals surface area contributed by atoms with Crippen molar-refractivity contribution >= 4 is 0 Å². The van der Waals surface area contributed by atoms with Gasteiger partial charge in [0.1, 0.15) is 0 Å². The predicted molar refractivity (Wildman–Crippen MR) is 104 cm³/mol. The summed E-state index contributed by atoms with van der Waals surface area (Å²) in [5.41, 5.74) is 0. The van der Waals surface area contributed by atoms with Gasteiger partial charge in [-0.3, -0.25) is 0 Å². The van der Waals surface area contributed by atoms with Crippen LogP contribution >= 0.6 is 0 Å². The zero-order valence-electron chi connectivity index (χ0n) is 16.3. The van der Waals surface area contributed by atoms with Crippen LogP contribution in [0.1, 0.15) is 123 Å². The molecule has 136 valence electrons. The predicted octanol–water partition coefficient (Wildman–Crippen LogP) is 8.15. The van der Waals surface area contributed by atoms with Gasteiger partial charge in [0.2, 0.25) is 0 Å². The first-order chi connectivity index (χ1) is 11.3. The summed E-state index contributed by atoms with van der Waals surface area (Å²) in [4.78, 5) is 0. The Labute approximate surface area is 147 Å². The summed E-state index contributed by atoms with van der Waals surface area (Å²) < 4.78 is 0. The highest BCUT2D eigenvalue weighted by molar-refractivity contribution is 4.74. The molecule has 0 spiro atoms. The van der Waals surface area contributed by atoms with Crippen LogP contribution in [0.15, 0.2) is 0 Å². The second-order valence-corrected chi connectivity index (χ2v) is 9.22. The van der Waals surface area contributed by atoms with Crippen molar-refractivity contribution in [2.75, 3.05) is 0 Å². The lowest BCUT2D eigenvalue weighted by Crippen LogP contribution is -2.16. The second kappa shape index (κ2) is 11.5. The fraction of sp³-hybridized carbons (Fsp3) is 1.00. The summed E-state index contributed by atoms with van der Waals surface area (Å²) in [5, 5.41) is 0. The van der Waals surface area contributed by atoms with Crippen LogP contribution in [-0.2, 0) is 0 Å². The molecule has 2 fully saturated rings. The maximum Gasteiger partial charge on any atom is -0.0386 e. The molecule has 2 unspecified atom stereocenters. The SMILES string of the molecule is CC1CCCCCC(C2CCCCC(C)CCCC2)CCCC1. The number of hydrogen-bond acceptors (Lipinski definition) is 0. The van der Waals surface area contributed by atoms with Gasteiger partial charge in [0.15, 0.2) is 0 Å². The van der Waals surface area contributed by atoms with Gasteiger partial charge in [0.25, 0.3) is 0 Å². The van der Waals surface area contributed by atoms with E-state index in [1.807, 2.05) is 0 Å². The van der Waals surface area contributed by atoms with Crippen molar-refractivity contribution in [3.8, 4) is 0 Å². The van der Waals surface area contributed by atoms with Crippen molar-refractivity contribution in [1.82, 2.24) is 0 Å². The van der Waals surface area contributed by atoms with Gasteiger partial charge in [-0.1, -0.05) is 123 Å². The molecule has 2 aliphatic carbocycles. The van der Waals surface area contributed by atoms with Crippen molar-refractivity contribution in [3.63, 3.8) is 0 Å². The Morgan fingerprint density at radius 2 is 0.609 bits per heavy atom. The Morgan fingerprint density at radius 1 is 0.348 bits per heavy atom. The first kappa shape index (κ1) is 19.3. The van der Waals surface area contributed by atoms with Crippen molar-refractivity contribution in [3.05, 3.63) is 0 Å². The topological polar surface area (TPSA) is 0 Å². The molecule has 0 aromatic carbocycles. The van der Waals surface area contributed by atoms with E-state index < -0.39 is 0 Å². The minimum Gasteiger partial charge on any atom is -0.0625 e. The minimum atomic E-state index is 0.988. The molecule has 0 radical (unpaired) electrons. The first-order valence-corrected chi connectivity index (χ1v) is 11.3. The van der Waals surface area contributed by atoms with E-state index in [-0.39, 0.29) is 0 Å². The first-order valence-electron chi connectivity index (χ1n) is 11.3. The van der Waals surface area contributed by atoms with Gasteiger partial charge < -0.3 is 0 Å². The summed E-state index contributed by atoms with van der Waals surface area (Å²) in [6, 6.07) is 0. The molecule has 2 atom stereocenters. The van der Waals surface area contributed by atoms with Gasteiger partial charge in [0.05, 0.1) is 0 Å². The molecule has 0 aliphatic heterocycles. The Balaban J connectivity index is 1.84. The summed E-state index contributed by atoms with van der Waals surface area (Å²) in [6.45, 7) is 4.96. The molecule has 2 rings (SSSR count). The summed E-state index contributed by atoms with van der Waals surface area (Å²) in [5.74, 6) is 4.12. The summed E-state index contributed by atoms with van der Waals surface area (Å²) in [7, 11) is 0. The molecule has 0 bridgehead atoms. The normalized spacial score (nSPS) is 36.8. The van der Waals surface area contributed by atoms with Crippen LogP contribution in [0.4, 0.5) is 0 Å². The number of rotatable bonds is 1.